The summed E-state index contributed by atoms with van der Waals surface area (Å²) in [7, 11) is -3.35. The molecule has 0 aromatic rings. The van der Waals surface area contributed by atoms with E-state index in [9.17, 15) is 18.0 Å². The fourth-order valence-electron chi connectivity index (χ4n) is 3.64. The van der Waals surface area contributed by atoms with Gasteiger partial charge in [-0.2, -0.15) is 0 Å². The van der Waals surface area contributed by atoms with Crippen molar-refractivity contribution in [3.05, 3.63) is 12.7 Å². The zero-order chi connectivity index (χ0) is 19.9. The maximum Gasteiger partial charge on any atom is 0.225 e. The molecular weight excluding hydrogens is 368 g/mol. The van der Waals surface area contributed by atoms with Crippen LogP contribution in [0.3, 0.4) is 0 Å². The average molecular weight is 401 g/mol. The standard InChI is InChI=1S/C18H32N4O4S/c1-3-9-20-12-14-21(15-13-20)18(24)16-5-4-10-22(27(2,25)26)11-7-17(23)19-8-6-16/h3,16H,1,4-15H2,2H3,(H,19,23). The number of rotatable bonds is 4. The summed E-state index contributed by atoms with van der Waals surface area (Å²) < 4.78 is 25.1. The highest BCUT2D eigenvalue weighted by atomic mass is 32.2. The van der Waals surface area contributed by atoms with Crippen LogP contribution in [0.25, 0.3) is 0 Å². The number of amides is 2. The van der Waals surface area contributed by atoms with E-state index >= 15 is 0 Å². The predicted molar refractivity (Wildman–Crippen MR) is 105 cm³/mol. The van der Waals surface area contributed by atoms with Crippen LogP contribution in [0.15, 0.2) is 12.7 Å². The highest BCUT2D eigenvalue weighted by Gasteiger charge is 2.28. The highest BCUT2D eigenvalue weighted by molar-refractivity contribution is 7.88. The van der Waals surface area contributed by atoms with Crippen molar-refractivity contribution in [2.75, 3.05) is 58.6 Å². The molecule has 0 radical (unpaired) electrons. The molecule has 0 aliphatic carbocycles. The molecule has 8 nitrogen and oxygen atoms in total. The molecule has 2 heterocycles. The molecule has 2 fully saturated rings. The maximum atomic E-state index is 13.0. The Morgan fingerprint density at radius 1 is 1.19 bits per heavy atom. The third-order valence-electron chi connectivity index (χ3n) is 5.25. The summed E-state index contributed by atoms with van der Waals surface area (Å²) in [4.78, 5) is 29.1. The van der Waals surface area contributed by atoms with Gasteiger partial charge in [0.05, 0.1) is 6.26 Å². The monoisotopic (exact) mass is 400 g/mol. The summed E-state index contributed by atoms with van der Waals surface area (Å²) in [6.45, 7) is 8.64. The molecule has 2 aliphatic heterocycles. The van der Waals surface area contributed by atoms with E-state index in [4.69, 9.17) is 0 Å². The molecule has 0 aromatic carbocycles. The minimum absolute atomic E-state index is 0.118. The molecule has 2 rings (SSSR count). The van der Waals surface area contributed by atoms with Crippen LogP contribution in [0, 0.1) is 5.92 Å². The smallest absolute Gasteiger partial charge is 0.225 e. The van der Waals surface area contributed by atoms with Crippen LogP contribution < -0.4 is 5.32 Å². The van der Waals surface area contributed by atoms with E-state index in [0.29, 0.717) is 45.4 Å². The van der Waals surface area contributed by atoms with Gasteiger partial charge < -0.3 is 10.2 Å². The van der Waals surface area contributed by atoms with E-state index in [2.05, 4.69) is 16.8 Å². The number of sulfonamides is 1. The van der Waals surface area contributed by atoms with Gasteiger partial charge in [0.25, 0.3) is 0 Å². The predicted octanol–water partition coefficient (Wildman–Crippen LogP) is -0.115. The van der Waals surface area contributed by atoms with Gasteiger partial charge in [0, 0.05) is 64.7 Å². The Balaban J connectivity index is 1.97. The Kier molecular flexibility index (Phi) is 8.25. The molecule has 1 atom stereocenters. The minimum atomic E-state index is -3.35. The summed E-state index contributed by atoms with van der Waals surface area (Å²) in [6.07, 6.45) is 5.03. The molecule has 0 saturated carbocycles. The fraction of sp³-hybridized carbons (Fsp3) is 0.778. The first kappa shape index (κ1) is 21.8. The molecule has 1 N–H and O–H groups in total. The first-order chi connectivity index (χ1) is 12.8. The number of piperazine rings is 1. The van der Waals surface area contributed by atoms with Crippen molar-refractivity contribution in [1.82, 2.24) is 19.4 Å². The molecule has 2 saturated heterocycles. The number of nitrogens with zero attached hydrogens (tertiary/aromatic N) is 3. The second kappa shape index (κ2) is 10.2. The topological polar surface area (TPSA) is 90.0 Å². The number of nitrogens with one attached hydrogen (secondary N) is 1. The van der Waals surface area contributed by atoms with E-state index in [1.807, 2.05) is 11.0 Å². The lowest BCUT2D eigenvalue weighted by Gasteiger charge is -2.36. The van der Waals surface area contributed by atoms with Crippen molar-refractivity contribution in [2.45, 2.75) is 25.7 Å². The third kappa shape index (κ3) is 6.90. The van der Waals surface area contributed by atoms with E-state index in [1.54, 1.807) is 0 Å². The Morgan fingerprint density at radius 3 is 2.52 bits per heavy atom. The van der Waals surface area contributed by atoms with E-state index in [-0.39, 0.29) is 30.7 Å². The number of carbonyl (C=O) groups is 2. The van der Waals surface area contributed by atoms with Gasteiger partial charge in [0.1, 0.15) is 0 Å². The lowest BCUT2D eigenvalue weighted by molar-refractivity contribution is -0.138. The maximum absolute atomic E-state index is 13.0. The fourth-order valence-corrected chi connectivity index (χ4v) is 4.52. The second-order valence-corrected chi connectivity index (χ2v) is 9.29. The van der Waals surface area contributed by atoms with Crippen molar-refractivity contribution in [1.29, 1.82) is 0 Å². The van der Waals surface area contributed by atoms with E-state index < -0.39 is 10.0 Å². The summed E-state index contributed by atoms with van der Waals surface area (Å²) in [5.74, 6) is -0.238. The minimum Gasteiger partial charge on any atom is -0.356 e. The Hall–Kier alpha value is -1.45. The molecule has 2 amide bonds. The largest absolute Gasteiger partial charge is 0.356 e. The van der Waals surface area contributed by atoms with E-state index in [0.717, 1.165) is 25.9 Å². The molecule has 0 bridgehead atoms. The number of hydrogen-bond acceptors (Lipinski definition) is 5. The highest BCUT2D eigenvalue weighted by Crippen LogP contribution is 2.18. The lowest BCUT2D eigenvalue weighted by atomic mass is 9.97. The van der Waals surface area contributed by atoms with Gasteiger partial charge in [-0.1, -0.05) is 6.08 Å². The molecule has 2 aliphatic rings. The van der Waals surface area contributed by atoms with Gasteiger partial charge in [-0.25, -0.2) is 12.7 Å². The van der Waals surface area contributed by atoms with Gasteiger partial charge in [0.2, 0.25) is 21.8 Å². The summed E-state index contributed by atoms with van der Waals surface area (Å²) in [5.41, 5.74) is 0. The van der Waals surface area contributed by atoms with Crippen molar-refractivity contribution < 1.29 is 18.0 Å². The first-order valence-electron chi connectivity index (χ1n) is 9.65. The zero-order valence-electron chi connectivity index (χ0n) is 16.2. The Morgan fingerprint density at radius 2 is 1.89 bits per heavy atom. The molecule has 9 heteroatoms. The second-order valence-electron chi connectivity index (χ2n) is 7.30. The third-order valence-corrected chi connectivity index (χ3v) is 6.56. The van der Waals surface area contributed by atoms with Gasteiger partial charge in [0.15, 0.2) is 0 Å². The summed E-state index contributed by atoms with van der Waals surface area (Å²) >= 11 is 0. The molecular formula is C18H32N4O4S. The van der Waals surface area contributed by atoms with Gasteiger partial charge in [-0.15, -0.1) is 6.58 Å². The van der Waals surface area contributed by atoms with E-state index in [1.165, 1.54) is 4.31 Å². The molecule has 27 heavy (non-hydrogen) atoms. The molecule has 1 unspecified atom stereocenters. The summed E-state index contributed by atoms with van der Waals surface area (Å²) in [5, 5.41) is 2.81. The van der Waals surface area contributed by atoms with Crippen LogP contribution in [0.5, 0.6) is 0 Å². The van der Waals surface area contributed by atoms with Crippen LogP contribution in [-0.4, -0.2) is 93.0 Å². The van der Waals surface area contributed by atoms with Crippen LogP contribution in [-0.2, 0) is 19.6 Å². The van der Waals surface area contributed by atoms with Crippen LogP contribution >= 0.6 is 0 Å². The molecule has 0 spiro atoms. The van der Waals surface area contributed by atoms with Crippen molar-refractivity contribution >= 4 is 21.8 Å². The SMILES string of the molecule is C=CCN1CCN(C(=O)C2CCCN(S(C)(=O)=O)CCC(=O)NCC2)CC1. The zero-order valence-corrected chi connectivity index (χ0v) is 17.0. The van der Waals surface area contributed by atoms with Crippen molar-refractivity contribution in [3.63, 3.8) is 0 Å². The average Bonchev–Trinajstić information content (AvgIpc) is 2.66. The Labute approximate surface area is 162 Å². The number of hydrogen-bond donors (Lipinski definition) is 1. The Bertz CT molecular complexity index is 629. The van der Waals surface area contributed by atoms with Gasteiger partial charge in [-0.3, -0.25) is 14.5 Å². The van der Waals surface area contributed by atoms with Gasteiger partial charge >= 0.3 is 0 Å². The van der Waals surface area contributed by atoms with Crippen LogP contribution in [0.1, 0.15) is 25.7 Å². The van der Waals surface area contributed by atoms with Crippen molar-refractivity contribution in [2.24, 2.45) is 5.92 Å². The summed E-state index contributed by atoms with van der Waals surface area (Å²) in [6, 6.07) is 0. The lowest BCUT2D eigenvalue weighted by Crippen LogP contribution is -2.50. The molecule has 0 aromatic heterocycles. The first-order valence-corrected chi connectivity index (χ1v) is 11.5. The quantitative estimate of drug-likeness (QED) is 0.665. The van der Waals surface area contributed by atoms with Gasteiger partial charge in [-0.05, 0) is 19.3 Å². The van der Waals surface area contributed by atoms with Crippen molar-refractivity contribution in [3.8, 4) is 0 Å². The van der Waals surface area contributed by atoms with Crippen LogP contribution in [0.2, 0.25) is 0 Å². The number of carbonyl (C=O) groups excluding carboxylic acids is 2. The molecule has 154 valence electrons. The normalized spacial score (nSPS) is 24.7. The van der Waals surface area contributed by atoms with Crippen LogP contribution in [0.4, 0.5) is 0 Å².